The van der Waals surface area contributed by atoms with Crippen molar-refractivity contribution in [3.05, 3.63) is 65.2 Å². The van der Waals surface area contributed by atoms with Crippen LogP contribution in [0, 0.1) is 0 Å². The lowest BCUT2D eigenvalue weighted by atomic mass is 9.94. The number of Topliss-reactive ketones (excluding diaryl/α,β-unsaturated/α-hetero) is 1. The molecular weight excluding hydrogens is 422 g/mol. The number of carbonyl (C=O) groups is 2. The van der Waals surface area contributed by atoms with E-state index in [1.54, 1.807) is 24.3 Å². The molecule has 2 aromatic rings. The summed E-state index contributed by atoms with van der Waals surface area (Å²) in [6, 6.07) is 13.3. The van der Waals surface area contributed by atoms with Crippen molar-refractivity contribution in [2.75, 3.05) is 26.4 Å². The summed E-state index contributed by atoms with van der Waals surface area (Å²) in [6.45, 7) is 5.63. The van der Waals surface area contributed by atoms with Gasteiger partial charge >= 0.3 is 0 Å². The summed E-state index contributed by atoms with van der Waals surface area (Å²) in [5.74, 6) is -0.347. The zero-order valence-corrected chi connectivity index (χ0v) is 19.0. The Labute approximate surface area is 193 Å². The van der Waals surface area contributed by atoms with Crippen LogP contribution in [-0.4, -0.2) is 54.2 Å². The van der Waals surface area contributed by atoms with Gasteiger partial charge in [-0.1, -0.05) is 18.2 Å². The van der Waals surface area contributed by atoms with Crippen molar-refractivity contribution in [2.24, 2.45) is 0 Å². The smallest absolute Gasteiger partial charge is 0.295 e. The lowest BCUT2D eigenvalue weighted by Crippen LogP contribution is -2.36. The van der Waals surface area contributed by atoms with Gasteiger partial charge in [0.1, 0.15) is 17.3 Å². The first-order valence-electron chi connectivity index (χ1n) is 11.4. The van der Waals surface area contributed by atoms with E-state index >= 15 is 0 Å². The number of hydrogen-bond donors (Lipinski definition) is 1. The number of para-hydroxylation sites is 1. The van der Waals surface area contributed by atoms with Crippen LogP contribution in [0.3, 0.4) is 0 Å². The van der Waals surface area contributed by atoms with Crippen LogP contribution in [0.4, 0.5) is 0 Å². The number of benzene rings is 2. The van der Waals surface area contributed by atoms with Gasteiger partial charge in [-0.05, 0) is 57.0 Å². The molecule has 2 aromatic carbocycles. The highest BCUT2D eigenvalue weighted by atomic mass is 16.5. The lowest BCUT2D eigenvalue weighted by Gasteiger charge is -2.28. The minimum atomic E-state index is -0.775. The molecule has 0 bridgehead atoms. The summed E-state index contributed by atoms with van der Waals surface area (Å²) >= 11 is 0. The number of rotatable bonds is 8. The number of amides is 1. The molecule has 4 rings (SSSR count). The molecule has 0 spiro atoms. The van der Waals surface area contributed by atoms with Crippen LogP contribution in [0.15, 0.2) is 54.1 Å². The second-order valence-electron chi connectivity index (χ2n) is 8.01. The van der Waals surface area contributed by atoms with Crippen LogP contribution >= 0.6 is 0 Å². The molecule has 2 unspecified atom stereocenters. The van der Waals surface area contributed by atoms with Gasteiger partial charge in [0.2, 0.25) is 0 Å². The summed E-state index contributed by atoms with van der Waals surface area (Å²) in [7, 11) is 0. The van der Waals surface area contributed by atoms with E-state index in [0.29, 0.717) is 42.4 Å². The lowest BCUT2D eigenvalue weighted by molar-refractivity contribution is -0.140. The Morgan fingerprint density at radius 1 is 1.06 bits per heavy atom. The molecule has 1 N–H and O–H groups in total. The number of likely N-dealkylation sites (tertiary alicyclic amines) is 1. The highest BCUT2D eigenvalue weighted by Gasteiger charge is 2.48. The largest absolute Gasteiger partial charge is 0.507 e. The molecule has 7 nitrogen and oxygen atoms in total. The zero-order valence-electron chi connectivity index (χ0n) is 19.0. The summed E-state index contributed by atoms with van der Waals surface area (Å²) in [5, 5.41) is 11.2. The van der Waals surface area contributed by atoms with E-state index in [2.05, 4.69) is 0 Å². The third-order valence-electron chi connectivity index (χ3n) is 5.92. The van der Waals surface area contributed by atoms with Gasteiger partial charge in [-0.25, -0.2) is 0 Å². The van der Waals surface area contributed by atoms with E-state index in [9.17, 15) is 14.7 Å². The van der Waals surface area contributed by atoms with Crippen molar-refractivity contribution >= 4 is 17.4 Å². The van der Waals surface area contributed by atoms with Gasteiger partial charge in [-0.15, -0.1) is 0 Å². The zero-order chi connectivity index (χ0) is 23.4. The molecule has 1 amide bonds. The van der Waals surface area contributed by atoms with Gasteiger partial charge in [0.15, 0.2) is 0 Å². The number of carbonyl (C=O) groups excluding carboxylic acids is 2. The number of aliphatic hydroxyl groups is 1. The molecule has 2 aliphatic rings. The normalized spacial score (nSPS) is 22.1. The number of nitrogens with zero attached hydrogens (tertiary/aromatic N) is 1. The number of aliphatic hydroxyl groups excluding tert-OH is 1. The molecule has 0 aliphatic carbocycles. The minimum Gasteiger partial charge on any atom is -0.507 e. The molecular formula is C26H29NO6. The van der Waals surface area contributed by atoms with Crippen LogP contribution in [0.2, 0.25) is 0 Å². The molecule has 2 aliphatic heterocycles. The fourth-order valence-corrected chi connectivity index (χ4v) is 4.42. The molecule has 2 fully saturated rings. The molecule has 2 atom stereocenters. The molecule has 33 heavy (non-hydrogen) atoms. The van der Waals surface area contributed by atoms with Crippen molar-refractivity contribution in [3.63, 3.8) is 0 Å². The van der Waals surface area contributed by atoms with Crippen LogP contribution in [0.5, 0.6) is 11.5 Å². The molecule has 2 saturated heterocycles. The molecule has 0 aromatic heterocycles. The second-order valence-corrected chi connectivity index (χ2v) is 8.01. The highest BCUT2D eigenvalue weighted by molar-refractivity contribution is 6.46. The topological polar surface area (TPSA) is 85.3 Å². The average Bonchev–Trinajstić information content (AvgIpc) is 3.42. The monoisotopic (exact) mass is 451 g/mol. The van der Waals surface area contributed by atoms with Crippen molar-refractivity contribution in [1.82, 2.24) is 4.90 Å². The SMILES string of the molecule is CCOc1ccc(/C(O)=C2\C(=O)C(=O)N(CC3CCCO3)C2c2ccccc2OCC)cc1. The third-order valence-corrected chi connectivity index (χ3v) is 5.92. The Kier molecular flexibility index (Phi) is 6.99. The van der Waals surface area contributed by atoms with Gasteiger partial charge < -0.3 is 24.2 Å². The Hall–Kier alpha value is -3.32. The number of ether oxygens (including phenoxy) is 3. The van der Waals surface area contributed by atoms with Crippen molar-refractivity contribution in [2.45, 2.75) is 38.8 Å². The molecule has 0 saturated carbocycles. The predicted molar refractivity (Wildman–Crippen MR) is 123 cm³/mol. The molecule has 2 heterocycles. The van der Waals surface area contributed by atoms with Crippen molar-refractivity contribution in [3.8, 4) is 11.5 Å². The maximum Gasteiger partial charge on any atom is 0.295 e. The van der Waals surface area contributed by atoms with E-state index in [1.165, 1.54) is 4.90 Å². The Morgan fingerprint density at radius 3 is 2.45 bits per heavy atom. The maximum absolute atomic E-state index is 13.2. The highest BCUT2D eigenvalue weighted by Crippen LogP contribution is 2.43. The first-order chi connectivity index (χ1) is 16.0. The quantitative estimate of drug-likeness (QED) is 0.370. The van der Waals surface area contributed by atoms with Gasteiger partial charge in [0.05, 0.1) is 30.9 Å². The maximum atomic E-state index is 13.2. The van der Waals surface area contributed by atoms with E-state index in [-0.39, 0.29) is 24.0 Å². The number of ketones is 1. The average molecular weight is 452 g/mol. The van der Waals surface area contributed by atoms with Gasteiger partial charge in [-0.2, -0.15) is 0 Å². The molecule has 174 valence electrons. The fourth-order valence-electron chi connectivity index (χ4n) is 4.42. The second kappa shape index (κ2) is 10.1. The predicted octanol–water partition coefficient (Wildman–Crippen LogP) is 4.08. The standard InChI is InChI=1S/C26H29NO6/c1-3-31-18-13-11-17(12-14-18)24(28)22-23(20-9-5-6-10-21(20)32-4-2)27(26(30)25(22)29)16-19-8-7-15-33-19/h5-6,9-14,19,23,28H,3-4,7-8,15-16H2,1-2H3/b24-22+. The summed E-state index contributed by atoms with van der Waals surface area (Å²) in [5.41, 5.74) is 1.14. The molecule has 7 heteroatoms. The summed E-state index contributed by atoms with van der Waals surface area (Å²) in [6.07, 6.45) is 1.60. The minimum absolute atomic E-state index is 0.0503. The third kappa shape index (κ3) is 4.59. The first kappa shape index (κ1) is 22.9. The van der Waals surface area contributed by atoms with Gasteiger partial charge in [-0.3, -0.25) is 9.59 Å². The number of hydrogen-bond acceptors (Lipinski definition) is 6. The Morgan fingerprint density at radius 2 is 1.79 bits per heavy atom. The fraction of sp³-hybridized carbons (Fsp3) is 0.385. The van der Waals surface area contributed by atoms with Gasteiger partial charge in [0.25, 0.3) is 11.7 Å². The molecule has 0 radical (unpaired) electrons. The van der Waals surface area contributed by atoms with E-state index in [1.807, 2.05) is 38.1 Å². The van der Waals surface area contributed by atoms with Crippen LogP contribution in [0.1, 0.15) is 43.9 Å². The van der Waals surface area contributed by atoms with E-state index in [4.69, 9.17) is 14.2 Å². The van der Waals surface area contributed by atoms with E-state index in [0.717, 1.165) is 12.8 Å². The summed E-state index contributed by atoms with van der Waals surface area (Å²) in [4.78, 5) is 27.9. The van der Waals surface area contributed by atoms with Crippen LogP contribution in [0.25, 0.3) is 5.76 Å². The van der Waals surface area contributed by atoms with E-state index < -0.39 is 17.7 Å². The summed E-state index contributed by atoms with van der Waals surface area (Å²) < 4.78 is 17.0. The first-order valence-corrected chi connectivity index (χ1v) is 11.4. The Bertz CT molecular complexity index is 1040. The van der Waals surface area contributed by atoms with Crippen LogP contribution in [-0.2, 0) is 14.3 Å². The Balaban J connectivity index is 1.81. The van der Waals surface area contributed by atoms with Crippen molar-refractivity contribution in [1.29, 1.82) is 0 Å². The van der Waals surface area contributed by atoms with Gasteiger partial charge in [0, 0.05) is 24.3 Å². The van der Waals surface area contributed by atoms with Crippen molar-refractivity contribution < 1.29 is 28.9 Å². The van der Waals surface area contributed by atoms with Crippen LogP contribution < -0.4 is 9.47 Å².